The largest absolute Gasteiger partial charge is 0.238 e. The van der Waals surface area contributed by atoms with E-state index in [4.69, 9.17) is 9.97 Å². The van der Waals surface area contributed by atoms with Gasteiger partial charge in [0, 0.05) is 18.3 Å². The lowest BCUT2D eigenvalue weighted by Crippen LogP contribution is -2.09. The van der Waals surface area contributed by atoms with Crippen molar-refractivity contribution in [3.63, 3.8) is 0 Å². The topological polar surface area (TPSA) is 25.8 Å². The highest BCUT2D eigenvalue weighted by molar-refractivity contribution is 5.27. The second-order valence-electron chi connectivity index (χ2n) is 8.50. The molecule has 0 saturated carbocycles. The summed E-state index contributed by atoms with van der Waals surface area (Å²) in [6.07, 6.45) is 23.3. The summed E-state index contributed by atoms with van der Waals surface area (Å²) >= 11 is 0. The summed E-state index contributed by atoms with van der Waals surface area (Å²) in [5.41, 5.74) is 4.11. The van der Waals surface area contributed by atoms with Crippen LogP contribution in [0.2, 0.25) is 0 Å². The van der Waals surface area contributed by atoms with Crippen molar-refractivity contribution in [1.82, 2.24) is 9.97 Å². The van der Waals surface area contributed by atoms with Crippen molar-refractivity contribution in [2.75, 3.05) is 0 Å². The highest BCUT2D eigenvalue weighted by Crippen LogP contribution is 2.21. The Bertz CT molecular complexity index is 460. The van der Waals surface area contributed by atoms with Crippen molar-refractivity contribution in [2.24, 2.45) is 0 Å². The lowest BCUT2D eigenvalue weighted by molar-refractivity contribution is 0.602. The van der Waals surface area contributed by atoms with Crippen LogP contribution in [-0.2, 0) is 19.3 Å². The second-order valence-corrected chi connectivity index (χ2v) is 8.50. The average molecular weight is 388 g/mol. The van der Waals surface area contributed by atoms with Gasteiger partial charge < -0.3 is 0 Å². The molecule has 1 radical (unpaired) electrons. The van der Waals surface area contributed by atoms with Crippen LogP contribution in [0.15, 0.2) is 0 Å². The molecule has 0 amide bonds. The standard InChI is InChI=1S/C26H47N2/c1-5-8-11-14-17-20-24-25(21-18-15-12-9-6-2)27-23(4)28-26(24)22-19-16-13-10-7-3/h4-22H2,1-3H3. The van der Waals surface area contributed by atoms with Crippen molar-refractivity contribution in [2.45, 2.75) is 136 Å². The van der Waals surface area contributed by atoms with E-state index >= 15 is 0 Å². The molecule has 1 heterocycles. The molecule has 0 fully saturated rings. The number of aromatic nitrogens is 2. The zero-order chi connectivity index (χ0) is 20.5. The van der Waals surface area contributed by atoms with Crippen molar-refractivity contribution < 1.29 is 0 Å². The molecule has 1 aromatic rings. The lowest BCUT2D eigenvalue weighted by atomic mass is 9.96. The molecule has 0 aromatic carbocycles. The van der Waals surface area contributed by atoms with Gasteiger partial charge in [0.1, 0.15) is 5.82 Å². The Morgan fingerprint density at radius 3 is 1.25 bits per heavy atom. The Balaban J connectivity index is 2.72. The van der Waals surface area contributed by atoms with E-state index in [2.05, 4.69) is 27.7 Å². The fourth-order valence-electron chi connectivity index (χ4n) is 4.04. The number of unbranched alkanes of at least 4 members (excludes halogenated alkanes) is 12. The summed E-state index contributed by atoms with van der Waals surface area (Å²) in [7, 11) is 0. The Morgan fingerprint density at radius 1 is 0.500 bits per heavy atom. The maximum absolute atomic E-state index is 4.80. The molecule has 2 heteroatoms. The minimum absolute atomic E-state index is 0.738. The molecule has 0 saturated heterocycles. The Hall–Kier alpha value is -0.920. The first-order chi connectivity index (χ1) is 13.7. The van der Waals surface area contributed by atoms with Gasteiger partial charge in [0.15, 0.2) is 0 Å². The van der Waals surface area contributed by atoms with Gasteiger partial charge in [-0.3, -0.25) is 0 Å². The van der Waals surface area contributed by atoms with Crippen LogP contribution in [0.1, 0.15) is 140 Å². The number of aryl methyl sites for hydroxylation is 2. The predicted octanol–water partition coefficient (Wildman–Crippen LogP) is 8.20. The Labute approximate surface area is 176 Å². The summed E-state index contributed by atoms with van der Waals surface area (Å²) in [5.74, 6) is 0.738. The van der Waals surface area contributed by atoms with Gasteiger partial charge in [0.05, 0.1) is 0 Å². The van der Waals surface area contributed by atoms with E-state index in [0.717, 1.165) is 18.7 Å². The van der Waals surface area contributed by atoms with Gasteiger partial charge in [-0.05, 0) is 44.1 Å². The van der Waals surface area contributed by atoms with Crippen molar-refractivity contribution >= 4 is 0 Å². The molecule has 0 N–H and O–H groups in total. The van der Waals surface area contributed by atoms with Crippen LogP contribution in [0, 0.1) is 6.92 Å². The van der Waals surface area contributed by atoms with Crippen LogP contribution in [0.4, 0.5) is 0 Å². The quantitative estimate of drug-likeness (QED) is 0.237. The van der Waals surface area contributed by atoms with Crippen LogP contribution in [0.5, 0.6) is 0 Å². The maximum Gasteiger partial charge on any atom is 0.129 e. The molecular formula is C26H47N2. The Kier molecular flexibility index (Phi) is 15.2. The summed E-state index contributed by atoms with van der Waals surface area (Å²) < 4.78 is 0. The third-order valence-corrected chi connectivity index (χ3v) is 5.79. The van der Waals surface area contributed by atoms with E-state index in [0.29, 0.717) is 0 Å². The SMILES string of the molecule is [CH2]c1nc(CCCCCCC)c(CCCCCCC)c(CCCCCCC)n1. The predicted molar refractivity (Wildman–Crippen MR) is 124 cm³/mol. The van der Waals surface area contributed by atoms with Crippen LogP contribution >= 0.6 is 0 Å². The molecule has 1 aromatic heterocycles. The van der Waals surface area contributed by atoms with E-state index in [-0.39, 0.29) is 0 Å². The number of hydrogen-bond donors (Lipinski definition) is 0. The van der Waals surface area contributed by atoms with E-state index in [1.165, 1.54) is 120 Å². The third-order valence-electron chi connectivity index (χ3n) is 5.79. The molecule has 161 valence electrons. The van der Waals surface area contributed by atoms with Crippen LogP contribution < -0.4 is 0 Å². The Morgan fingerprint density at radius 2 is 0.857 bits per heavy atom. The molecule has 0 atom stereocenters. The first-order valence-electron chi connectivity index (χ1n) is 12.4. The smallest absolute Gasteiger partial charge is 0.129 e. The van der Waals surface area contributed by atoms with Gasteiger partial charge in [-0.2, -0.15) is 0 Å². The van der Waals surface area contributed by atoms with Gasteiger partial charge in [-0.1, -0.05) is 97.8 Å². The summed E-state index contributed by atoms with van der Waals surface area (Å²) in [6, 6.07) is 0. The van der Waals surface area contributed by atoms with Gasteiger partial charge in [0.25, 0.3) is 0 Å². The molecule has 1 rings (SSSR count). The minimum atomic E-state index is 0.738. The van der Waals surface area contributed by atoms with Crippen molar-refractivity contribution in [3.05, 3.63) is 29.7 Å². The second kappa shape index (κ2) is 17.0. The molecule has 0 aliphatic carbocycles. The molecule has 0 unspecified atom stereocenters. The van der Waals surface area contributed by atoms with E-state index < -0.39 is 0 Å². The fourth-order valence-corrected chi connectivity index (χ4v) is 4.04. The third kappa shape index (κ3) is 11.2. The van der Waals surface area contributed by atoms with Crippen LogP contribution in [0.3, 0.4) is 0 Å². The van der Waals surface area contributed by atoms with Crippen LogP contribution in [-0.4, -0.2) is 9.97 Å². The van der Waals surface area contributed by atoms with Gasteiger partial charge >= 0.3 is 0 Å². The van der Waals surface area contributed by atoms with E-state index in [1.54, 1.807) is 0 Å². The first-order valence-corrected chi connectivity index (χ1v) is 12.4. The van der Waals surface area contributed by atoms with E-state index in [1.807, 2.05) is 0 Å². The first kappa shape index (κ1) is 25.1. The number of rotatable bonds is 18. The molecule has 0 spiro atoms. The highest BCUT2D eigenvalue weighted by Gasteiger charge is 2.13. The summed E-state index contributed by atoms with van der Waals surface area (Å²) in [5, 5.41) is 0. The summed E-state index contributed by atoms with van der Waals surface area (Å²) in [6.45, 7) is 10.9. The fraction of sp³-hybridized carbons (Fsp3) is 0.808. The van der Waals surface area contributed by atoms with Crippen LogP contribution in [0.25, 0.3) is 0 Å². The lowest BCUT2D eigenvalue weighted by Gasteiger charge is -2.15. The number of hydrogen-bond acceptors (Lipinski definition) is 2. The van der Waals surface area contributed by atoms with Crippen molar-refractivity contribution in [1.29, 1.82) is 0 Å². The zero-order valence-corrected chi connectivity index (χ0v) is 19.3. The zero-order valence-electron chi connectivity index (χ0n) is 19.3. The van der Waals surface area contributed by atoms with Gasteiger partial charge in [-0.15, -0.1) is 0 Å². The highest BCUT2D eigenvalue weighted by atomic mass is 14.9. The normalized spacial score (nSPS) is 11.3. The molecular weight excluding hydrogens is 340 g/mol. The van der Waals surface area contributed by atoms with Gasteiger partial charge in [0.2, 0.25) is 0 Å². The monoisotopic (exact) mass is 387 g/mol. The van der Waals surface area contributed by atoms with Gasteiger partial charge in [-0.25, -0.2) is 9.97 Å². The molecule has 2 nitrogen and oxygen atoms in total. The molecule has 28 heavy (non-hydrogen) atoms. The molecule has 0 bridgehead atoms. The minimum Gasteiger partial charge on any atom is -0.238 e. The number of nitrogens with zero attached hydrogens (tertiary/aromatic N) is 2. The van der Waals surface area contributed by atoms with E-state index in [9.17, 15) is 0 Å². The van der Waals surface area contributed by atoms with Crippen molar-refractivity contribution in [3.8, 4) is 0 Å². The maximum atomic E-state index is 4.80. The average Bonchev–Trinajstić information content (AvgIpc) is 2.69. The molecule has 0 aliphatic heterocycles. The summed E-state index contributed by atoms with van der Waals surface area (Å²) in [4.78, 5) is 9.60. The molecule has 0 aliphatic rings.